The second-order valence-corrected chi connectivity index (χ2v) is 7.00. The predicted molar refractivity (Wildman–Crippen MR) is 90.7 cm³/mol. The van der Waals surface area contributed by atoms with E-state index in [1.54, 1.807) is 7.11 Å². The van der Waals surface area contributed by atoms with E-state index < -0.39 is 0 Å². The van der Waals surface area contributed by atoms with Gasteiger partial charge >= 0.3 is 0 Å². The van der Waals surface area contributed by atoms with Crippen molar-refractivity contribution in [3.05, 3.63) is 22.3 Å². The zero-order chi connectivity index (χ0) is 15.2. The molecule has 0 amide bonds. The molecule has 0 radical (unpaired) electrons. The van der Waals surface area contributed by atoms with Gasteiger partial charge in [0.2, 0.25) is 0 Å². The van der Waals surface area contributed by atoms with Crippen molar-refractivity contribution in [3.63, 3.8) is 0 Å². The Labute approximate surface area is 136 Å². The summed E-state index contributed by atoms with van der Waals surface area (Å²) >= 11 is 3.53. The monoisotopic (exact) mass is 355 g/mol. The molecule has 0 aromatic carbocycles. The zero-order valence-electron chi connectivity index (χ0n) is 13.2. The second kappa shape index (κ2) is 8.11. The van der Waals surface area contributed by atoms with Crippen LogP contribution in [-0.2, 0) is 11.3 Å². The summed E-state index contributed by atoms with van der Waals surface area (Å²) in [5, 5.41) is 3.52. The van der Waals surface area contributed by atoms with Crippen LogP contribution >= 0.6 is 15.9 Å². The first kappa shape index (κ1) is 16.7. The Balaban J connectivity index is 2.04. The lowest BCUT2D eigenvalue weighted by Crippen LogP contribution is -2.38. The number of ether oxygens (including phenoxy) is 1. The molecular weight excluding hydrogens is 330 g/mol. The smallest absolute Gasteiger partial charge is 0.133 e. The number of methoxy groups -OCH3 is 1. The predicted octanol–water partition coefficient (Wildman–Crippen LogP) is 3.20. The molecule has 4 nitrogen and oxygen atoms in total. The first-order valence-corrected chi connectivity index (χ1v) is 8.52. The quantitative estimate of drug-likeness (QED) is 0.849. The molecule has 0 atom stereocenters. The molecule has 1 N–H and O–H groups in total. The van der Waals surface area contributed by atoms with Gasteiger partial charge in [-0.25, -0.2) is 4.98 Å². The number of halogens is 1. The van der Waals surface area contributed by atoms with Crippen molar-refractivity contribution in [2.75, 3.05) is 31.6 Å². The van der Waals surface area contributed by atoms with E-state index in [2.05, 4.69) is 51.0 Å². The first-order valence-electron chi connectivity index (χ1n) is 7.73. The number of pyridine rings is 1. The van der Waals surface area contributed by atoms with Gasteiger partial charge in [-0.2, -0.15) is 0 Å². The van der Waals surface area contributed by atoms with Gasteiger partial charge < -0.3 is 15.0 Å². The van der Waals surface area contributed by atoms with Crippen LogP contribution in [0.15, 0.2) is 16.7 Å². The highest BCUT2D eigenvalue weighted by Gasteiger charge is 2.21. The molecule has 1 aromatic heterocycles. The highest BCUT2D eigenvalue weighted by molar-refractivity contribution is 9.10. The van der Waals surface area contributed by atoms with Gasteiger partial charge in [-0.1, -0.05) is 13.8 Å². The summed E-state index contributed by atoms with van der Waals surface area (Å²) in [5.74, 6) is 1.77. The molecule has 1 aliphatic heterocycles. The van der Waals surface area contributed by atoms with Gasteiger partial charge in [-0.05, 0) is 47.3 Å². The fourth-order valence-electron chi connectivity index (χ4n) is 2.69. The molecule has 1 saturated heterocycles. The molecule has 118 valence electrons. The summed E-state index contributed by atoms with van der Waals surface area (Å²) < 4.78 is 6.49. The number of rotatable bonds is 6. The minimum atomic E-state index is 0.402. The first-order chi connectivity index (χ1) is 10.1. The van der Waals surface area contributed by atoms with Gasteiger partial charge in [0.25, 0.3) is 0 Å². The fraction of sp³-hybridized carbons (Fsp3) is 0.688. The maximum atomic E-state index is 5.45. The summed E-state index contributed by atoms with van der Waals surface area (Å²) in [6.07, 6.45) is 4.45. The Morgan fingerprint density at radius 2 is 2.14 bits per heavy atom. The van der Waals surface area contributed by atoms with E-state index in [4.69, 9.17) is 4.74 Å². The van der Waals surface area contributed by atoms with E-state index in [1.165, 1.54) is 5.56 Å². The van der Waals surface area contributed by atoms with Crippen molar-refractivity contribution in [1.82, 2.24) is 10.3 Å². The molecule has 2 rings (SSSR count). The largest absolute Gasteiger partial charge is 0.381 e. The molecule has 1 aliphatic rings. The van der Waals surface area contributed by atoms with Crippen molar-refractivity contribution in [1.29, 1.82) is 0 Å². The van der Waals surface area contributed by atoms with Crippen molar-refractivity contribution in [2.24, 2.45) is 5.92 Å². The van der Waals surface area contributed by atoms with Crippen LogP contribution in [0.25, 0.3) is 0 Å². The van der Waals surface area contributed by atoms with E-state index >= 15 is 0 Å². The lowest BCUT2D eigenvalue weighted by molar-refractivity contribution is 0.0817. The summed E-state index contributed by atoms with van der Waals surface area (Å²) in [4.78, 5) is 7.03. The van der Waals surface area contributed by atoms with E-state index in [0.29, 0.717) is 12.0 Å². The van der Waals surface area contributed by atoms with Gasteiger partial charge in [0, 0.05) is 43.0 Å². The van der Waals surface area contributed by atoms with Crippen molar-refractivity contribution >= 4 is 21.7 Å². The van der Waals surface area contributed by atoms with E-state index in [-0.39, 0.29) is 0 Å². The summed E-state index contributed by atoms with van der Waals surface area (Å²) in [7, 11) is 1.81. The summed E-state index contributed by atoms with van der Waals surface area (Å²) in [6.45, 7) is 8.38. The average molecular weight is 356 g/mol. The van der Waals surface area contributed by atoms with E-state index in [1.807, 2.05) is 6.20 Å². The lowest BCUT2D eigenvalue weighted by Gasteiger charge is -2.33. The molecule has 0 unspecified atom stereocenters. The number of hydrogen-bond donors (Lipinski definition) is 1. The molecule has 21 heavy (non-hydrogen) atoms. The third-order valence-corrected chi connectivity index (χ3v) is 4.29. The van der Waals surface area contributed by atoms with Gasteiger partial charge in [-0.3, -0.25) is 0 Å². The van der Waals surface area contributed by atoms with Crippen LogP contribution in [0.1, 0.15) is 32.3 Å². The van der Waals surface area contributed by atoms with Crippen molar-refractivity contribution in [3.8, 4) is 0 Å². The normalized spacial score (nSPS) is 16.7. The minimum absolute atomic E-state index is 0.402. The fourth-order valence-corrected chi connectivity index (χ4v) is 3.07. The zero-order valence-corrected chi connectivity index (χ0v) is 14.8. The number of anilines is 1. The Morgan fingerprint density at radius 3 is 2.76 bits per heavy atom. The molecule has 0 spiro atoms. The van der Waals surface area contributed by atoms with Crippen LogP contribution < -0.4 is 10.2 Å². The Hall–Kier alpha value is -0.650. The summed E-state index contributed by atoms with van der Waals surface area (Å²) in [5.41, 5.74) is 1.26. The molecule has 2 heterocycles. The SMILES string of the molecule is COC1CCN(c2ncc(Br)cc2CNCC(C)C)CC1. The molecule has 0 aliphatic carbocycles. The topological polar surface area (TPSA) is 37.4 Å². The molecule has 0 saturated carbocycles. The van der Waals surface area contributed by atoms with Crippen molar-refractivity contribution < 1.29 is 4.74 Å². The number of nitrogens with one attached hydrogen (secondary N) is 1. The van der Waals surface area contributed by atoms with Crippen LogP contribution in [0.5, 0.6) is 0 Å². The van der Waals surface area contributed by atoms with Crippen LogP contribution in [0.3, 0.4) is 0 Å². The molecule has 1 fully saturated rings. The van der Waals surface area contributed by atoms with Crippen LogP contribution in [0.2, 0.25) is 0 Å². The summed E-state index contributed by atoms with van der Waals surface area (Å²) in [6, 6.07) is 2.18. The van der Waals surface area contributed by atoms with Crippen LogP contribution in [0.4, 0.5) is 5.82 Å². The maximum Gasteiger partial charge on any atom is 0.133 e. The lowest BCUT2D eigenvalue weighted by atomic mass is 10.1. The average Bonchev–Trinajstić information content (AvgIpc) is 2.47. The van der Waals surface area contributed by atoms with Crippen LogP contribution in [-0.4, -0.2) is 37.8 Å². The number of piperidine rings is 1. The Kier molecular flexibility index (Phi) is 6.45. The van der Waals surface area contributed by atoms with Gasteiger partial charge in [0.05, 0.1) is 6.10 Å². The Bertz CT molecular complexity index is 445. The minimum Gasteiger partial charge on any atom is -0.381 e. The molecular formula is C16H26BrN3O. The van der Waals surface area contributed by atoms with Crippen molar-refractivity contribution in [2.45, 2.75) is 39.3 Å². The van der Waals surface area contributed by atoms with Gasteiger partial charge in [0.15, 0.2) is 0 Å². The maximum absolute atomic E-state index is 5.45. The second-order valence-electron chi connectivity index (χ2n) is 6.08. The molecule has 1 aromatic rings. The molecule has 5 heteroatoms. The van der Waals surface area contributed by atoms with E-state index in [0.717, 1.165) is 49.3 Å². The highest BCUT2D eigenvalue weighted by Crippen LogP contribution is 2.25. The standard InChI is InChI=1S/C16H26BrN3O/c1-12(2)9-18-10-13-8-14(17)11-19-16(13)20-6-4-15(21-3)5-7-20/h8,11-12,15,18H,4-7,9-10H2,1-3H3. The van der Waals surface area contributed by atoms with E-state index in [9.17, 15) is 0 Å². The molecule has 0 bridgehead atoms. The number of hydrogen-bond acceptors (Lipinski definition) is 4. The van der Waals surface area contributed by atoms with Crippen LogP contribution in [0, 0.1) is 5.92 Å². The van der Waals surface area contributed by atoms with Gasteiger partial charge in [0.1, 0.15) is 5.82 Å². The third-order valence-electron chi connectivity index (χ3n) is 3.85. The number of aromatic nitrogens is 1. The number of nitrogens with zero attached hydrogens (tertiary/aromatic N) is 2. The van der Waals surface area contributed by atoms with Gasteiger partial charge in [-0.15, -0.1) is 0 Å². The highest BCUT2D eigenvalue weighted by atomic mass is 79.9. The Morgan fingerprint density at radius 1 is 1.43 bits per heavy atom. The third kappa shape index (κ3) is 4.94.